The number of hydrogen-bond donors (Lipinski definition) is 0. The van der Waals surface area contributed by atoms with Crippen LogP contribution in [0.3, 0.4) is 0 Å². The highest BCUT2D eigenvalue weighted by Gasteiger charge is 2.14. The van der Waals surface area contributed by atoms with Crippen molar-refractivity contribution >= 4 is 5.97 Å². The molecule has 1 aromatic carbocycles. The minimum Gasteiger partial charge on any atom is -0.457 e. The predicted molar refractivity (Wildman–Crippen MR) is 69.5 cm³/mol. The largest absolute Gasteiger partial charge is 0.457 e. The van der Waals surface area contributed by atoms with Gasteiger partial charge in [0.15, 0.2) is 0 Å². The molecule has 1 unspecified atom stereocenters. The molecule has 0 heterocycles. The number of ether oxygens (including phenoxy) is 1. The summed E-state index contributed by atoms with van der Waals surface area (Å²) >= 11 is 0. The lowest BCUT2D eigenvalue weighted by atomic mass is 10.1. The van der Waals surface area contributed by atoms with E-state index in [2.05, 4.69) is 13.2 Å². The van der Waals surface area contributed by atoms with Gasteiger partial charge in [-0.1, -0.05) is 42.5 Å². The van der Waals surface area contributed by atoms with Gasteiger partial charge >= 0.3 is 5.97 Å². The molecular weight excluding hydrogens is 212 g/mol. The van der Waals surface area contributed by atoms with Gasteiger partial charge in [0, 0.05) is 12.8 Å². The second kappa shape index (κ2) is 7.44. The Labute approximate surface area is 103 Å². The number of esters is 1. The van der Waals surface area contributed by atoms with Gasteiger partial charge in [0.05, 0.1) is 0 Å². The maximum Gasteiger partial charge on any atom is 0.306 e. The first kappa shape index (κ1) is 13.2. The molecular formula is C15H18O2. The molecule has 2 heteroatoms. The van der Waals surface area contributed by atoms with Gasteiger partial charge in [-0.3, -0.25) is 4.79 Å². The summed E-state index contributed by atoms with van der Waals surface area (Å²) in [5, 5.41) is 0. The zero-order valence-corrected chi connectivity index (χ0v) is 9.97. The smallest absolute Gasteiger partial charge is 0.306 e. The van der Waals surface area contributed by atoms with Crippen LogP contribution in [0.1, 0.15) is 30.9 Å². The zero-order chi connectivity index (χ0) is 12.5. The van der Waals surface area contributed by atoms with Crippen molar-refractivity contribution in [3.05, 3.63) is 61.2 Å². The maximum atomic E-state index is 11.6. The molecule has 1 atom stereocenters. The van der Waals surface area contributed by atoms with Crippen molar-refractivity contribution in [3.63, 3.8) is 0 Å². The van der Waals surface area contributed by atoms with Crippen LogP contribution in [-0.4, -0.2) is 5.97 Å². The summed E-state index contributed by atoms with van der Waals surface area (Å²) < 4.78 is 5.42. The van der Waals surface area contributed by atoms with Gasteiger partial charge in [-0.25, -0.2) is 0 Å². The Morgan fingerprint density at radius 3 is 2.53 bits per heavy atom. The molecule has 0 fully saturated rings. The van der Waals surface area contributed by atoms with Crippen LogP contribution in [0.15, 0.2) is 55.6 Å². The van der Waals surface area contributed by atoms with E-state index in [1.807, 2.05) is 30.3 Å². The predicted octanol–water partition coefficient (Wildman–Crippen LogP) is 3.81. The fourth-order valence-corrected chi connectivity index (χ4v) is 1.51. The van der Waals surface area contributed by atoms with Crippen molar-refractivity contribution in [1.82, 2.24) is 0 Å². The molecule has 0 bridgehead atoms. The van der Waals surface area contributed by atoms with E-state index in [-0.39, 0.29) is 12.1 Å². The van der Waals surface area contributed by atoms with E-state index in [0.717, 1.165) is 5.56 Å². The molecule has 1 aromatic rings. The van der Waals surface area contributed by atoms with E-state index in [1.54, 1.807) is 12.2 Å². The Hall–Kier alpha value is -1.83. The summed E-state index contributed by atoms with van der Waals surface area (Å²) in [6, 6.07) is 9.71. The third kappa shape index (κ3) is 4.68. The van der Waals surface area contributed by atoms with E-state index in [9.17, 15) is 4.79 Å². The fourth-order valence-electron chi connectivity index (χ4n) is 1.51. The van der Waals surface area contributed by atoms with Crippen molar-refractivity contribution in [2.75, 3.05) is 0 Å². The quantitative estimate of drug-likeness (QED) is 0.526. The Balaban J connectivity index is 2.63. The molecule has 0 saturated carbocycles. The van der Waals surface area contributed by atoms with Crippen molar-refractivity contribution in [1.29, 1.82) is 0 Å². The van der Waals surface area contributed by atoms with Gasteiger partial charge in [0.25, 0.3) is 0 Å². The molecule has 0 saturated heterocycles. The number of allylic oxidation sites excluding steroid dienone is 1. The monoisotopic (exact) mass is 230 g/mol. The van der Waals surface area contributed by atoms with Crippen LogP contribution in [0.4, 0.5) is 0 Å². The minimum atomic E-state index is -0.231. The molecule has 0 N–H and O–H groups in total. The lowest BCUT2D eigenvalue weighted by molar-refractivity contribution is -0.149. The summed E-state index contributed by atoms with van der Waals surface area (Å²) in [4.78, 5) is 11.6. The number of benzene rings is 1. The van der Waals surface area contributed by atoms with Gasteiger partial charge in [-0.2, -0.15) is 0 Å². The summed E-state index contributed by atoms with van der Waals surface area (Å²) in [5.74, 6) is -0.194. The highest BCUT2D eigenvalue weighted by molar-refractivity contribution is 5.69. The van der Waals surface area contributed by atoms with Gasteiger partial charge in [0.2, 0.25) is 0 Å². The third-order valence-corrected chi connectivity index (χ3v) is 2.38. The maximum absolute atomic E-state index is 11.6. The van der Waals surface area contributed by atoms with E-state index in [4.69, 9.17) is 4.74 Å². The van der Waals surface area contributed by atoms with Crippen molar-refractivity contribution in [3.8, 4) is 0 Å². The zero-order valence-electron chi connectivity index (χ0n) is 9.97. The normalized spacial score (nSPS) is 11.5. The van der Waals surface area contributed by atoms with Crippen molar-refractivity contribution in [2.45, 2.75) is 25.4 Å². The minimum absolute atomic E-state index is 0.194. The van der Waals surface area contributed by atoms with Crippen LogP contribution in [0, 0.1) is 0 Å². The van der Waals surface area contributed by atoms with Crippen LogP contribution < -0.4 is 0 Å². The van der Waals surface area contributed by atoms with Crippen LogP contribution in [0.2, 0.25) is 0 Å². The van der Waals surface area contributed by atoms with Gasteiger partial charge in [-0.05, 0) is 12.0 Å². The van der Waals surface area contributed by atoms with Crippen molar-refractivity contribution < 1.29 is 9.53 Å². The van der Waals surface area contributed by atoms with Gasteiger partial charge < -0.3 is 4.74 Å². The number of rotatable bonds is 7. The highest BCUT2D eigenvalue weighted by atomic mass is 16.5. The van der Waals surface area contributed by atoms with Gasteiger partial charge in [-0.15, -0.1) is 13.2 Å². The molecule has 0 aliphatic rings. The molecule has 0 aliphatic heterocycles. The number of carbonyl (C=O) groups excluding carboxylic acids is 1. The van der Waals surface area contributed by atoms with Gasteiger partial charge in [0.1, 0.15) is 6.10 Å². The Morgan fingerprint density at radius 2 is 1.94 bits per heavy atom. The summed E-state index contributed by atoms with van der Waals surface area (Å²) in [7, 11) is 0. The van der Waals surface area contributed by atoms with E-state index in [1.165, 1.54) is 0 Å². The summed E-state index contributed by atoms with van der Waals surface area (Å²) in [6.45, 7) is 7.27. The second-order valence-electron chi connectivity index (χ2n) is 3.74. The standard InChI is InChI=1S/C15H18O2/c1-3-5-12-15(16)17-14(9-4-2)13-10-7-6-8-11-13/h3-4,6-8,10-11,14H,1-2,5,9,12H2. The lowest BCUT2D eigenvalue weighted by Gasteiger charge is -2.16. The first-order valence-corrected chi connectivity index (χ1v) is 5.74. The topological polar surface area (TPSA) is 26.3 Å². The average Bonchev–Trinajstić information content (AvgIpc) is 2.37. The van der Waals surface area contributed by atoms with E-state index < -0.39 is 0 Å². The first-order chi connectivity index (χ1) is 8.27. The Kier molecular flexibility index (Phi) is 5.80. The molecule has 17 heavy (non-hydrogen) atoms. The molecule has 0 spiro atoms. The molecule has 0 radical (unpaired) electrons. The number of carbonyl (C=O) groups is 1. The first-order valence-electron chi connectivity index (χ1n) is 5.74. The molecule has 0 aromatic heterocycles. The second-order valence-corrected chi connectivity index (χ2v) is 3.74. The lowest BCUT2D eigenvalue weighted by Crippen LogP contribution is -2.10. The van der Waals surface area contributed by atoms with E-state index >= 15 is 0 Å². The van der Waals surface area contributed by atoms with Crippen LogP contribution in [-0.2, 0) is 9.53 Å². The third-order valence-electron chi connectivity index (χ3n) is 2.38. The van der Waals surface area contributed by atoms with Crippen LogP contribution in [0.25, 0.3) is 0 Å². The molecule has 1 rings (SSSR count). The summed E-state index contributed by atoms with van der Waals surface area (Å²) in [5.41, 5.74) is 0.999. The molecule has 90 valence electrons. The molecule has 2 nitrogen and oxygen atoms in total. The Morgan fingerprint density at radius 1 is 1.24 bits per heavy atom. The number of hydrogen-bond acceptors (Lipinski definition) is 2. The van der Waals surface area contributed by atoms with Crippen molar-refractivity contribution in [2.24, 2.45) is 0 Å². The SMILES string of the molecule is C=CCCC(=O)OC(CC=C)c1ccccc1. The molecule has 0 aliphatic carbocycles. The van der Waals surface area contributed by atoms with E-state index in [0.29, 0.717) is 19.3 Å². The summed E-state index contributed by atoms with van der Waals surface area (Å²) in [6.07, 6.45) is 4.90. The van der Waals surface area contributed by atoms with Crippen LogP contribution >= 0.6 is 0 Å². The highest BCUT2D eigenvalue weighted by Crippen LogP contribution is 2.22. The Bertz CT molecular complexity index is 368. The average molecular weight is 230 g/mol. The molecule has 0 amide bonds. The fraction of sp³-hybridized carbons (Fsp3) is 0.267. The van der Waals surface area contributed by atoms with Crippen LogP contribution in [0.5, 0.6) is 0 Å².